The van der Waals surface area contributed by atoms with Crippen LogP contribution in [0.25, 0.3) is 0 Å². The number of carbonyl (C=O) groups excluding carboxylic acids is 1. The number of rotatable bonds is 4. The van der Waals surface area contributed by atoms with Gasteiger partial charge in [-0.15, -0.1) is 0 Å². The molecule has 2 aliphatic heterocycles. The van der Waals surface area contributed by atoms with Crippen molar-refractivity contribution in [2.45, 2.75) is 38.1 Å². The smallest absolute Gasteiger partial charge is 0.410 e. The molecule has 34 heavy (non-hydrogen) atoms. The maximum absolute atomic E-state index is 14.0. The van der Waals surface area contributed by atoms with Crippen LogP contribution in [0.15, 0.2) is 30.5 Å². The van der Waals surface area contributed by atoms with E-state index in [0.717, 1.165) is 15.9 Å². The van der Waals surface area contributed by atoms with Crippen LogP contribution in [0.4, 0.5) is 19.0 Å². The van der Waals surface area contributed by atoms with E-state index in [9.17, 15) is 18.0 Å². The molecule has 0 aliphatic carbocycles. The molecular weight excluding hydrogens is 453 g/mol. The number of fused-ring (bicyclic) bond motifs is 2. The number of nitrogens with one attached hydrogen (secondary N) is 1. The second-order valence-corrected chi connectivity index (χ2v) is 8.54. The fourth-order valence-electron chi connectivity index (χ4n) is 4.35. The van der Waals surface area contributed by atoms with Crippen LogP contribution in [-0.2, 0) is 13.6 Å². The number of nitrogens with zero attached hydrogens (tertiary/aromatic N) is 5. The number of hydrogen-bond acceptors (Lipinski definition) is 6. The Morgan fingerprint density at radius 3 is 2.71 bits per heavy atom. The first-order chi connectivity index (χ1) is 16.1. The molecule has 3 aromatic rings. The lowest BCUT2D eigenvalue weighted by Gasteiger charge is -2.33. The third kappa shape index (κ3) is 3.93. The summed E-state index contributed by atoms with van der Waals surface area (Å²) >= 11 is 0. The van der Waals surface area contributed by atoms with E-state index in [0.29, 0.717) is 17.1 Å². The standard InChI is InChI=1S/C22H23F3N6O3/c1-12-14(10-30(3)27-12)9-29(2)21(32)16-8-20-26-15(7-19(22(23,24)25)31(20)28-16)13-4-5-17-18(6-13)34-11-33-17/h4-6,8,10,15,19,26H,7,9,11H2,1-3H3/t15-,19-/m1/s1. The fraction of sp³-hybridized carbons (Fsp3) is 0.409. The summed E-state index contributed by atoms with van der Waals surface area (Å²) < 4.78 is 55.1. The monoisotopic (exact) mass is 476 g/mol. The number of anilines is 1. The average molecular weight is 476 g/mol. The molecule has 0 unspecified atom stereocenters. The summed E-state index contributed by atoms with van der Waals surface area (Å²) in [5.41, 5.74) is 2.18. The van der Waals surface area contributed by atoms with Crippen molar-refractivity contribution in [2.75, 3.05) is 19.2 Å². The highest BCUT2D eigenvalue weighted by atomic mass is 19.4. The number of hydrogen-bond donors (Lipinski definition) is 1. The SMILES string of the molecule is Cc1nn(C)cc1CN(C)C(=O)c1cc2n(n1)[C@@H](C(F)(F)F)C[C@H](c1ccc3c(c1)OCO3)N2. The van der Waals surface area contributed by atoms with Gasteiger partial charge in [-0.05, 0) is 24.6 Å². The van der Waals surface area contributed by atoms with Crippen molar-refractivity contribution in [1.82, 2.24) is 24.5 Å². The summed E-state index contributed by atoms with van der Waals surface area (Å²) in [5, 5.41) is 11.4. The van der Waals surface area contributed by atoms with Crippen molar-refractivity contribution >= 4 is 11.7 Å². The predicted molar refractivity (Wildman–Crippen MR) is 115 cm³/mol. The fourth-order valence-corrected chi connectivity index (χ4v) is 4.35. The summed E-state index contributed by atoms with van der Waals surface area (Å²) in [6.45, 7) is 2.17. The lowest BCUT2D eigenvalue weighted by molar-refractivity contribution is -0.173. The molecule has 0 spiro atoms. The normalized spacial score (nSPS) is 19.0. The molecule has 5 rings (SSSR count). The van der Waals surface area contributed by atoms with Crippen LogP contribution in [0.5, 0.6) is 11.5 Å². The lowest BCUT2D eigenvalue weighted by atomic mass is 9.96. The van der Waals surface area contributed by atoms with E-state index in [-0.39, 0.29) is 31.3 Å². The van der Waals surface area contributed by atoms with E-state index in [4.69, 9.17) is 9.47 Å². The Hall–Kier alpha value is -3.70. The van der Waals surface area contributed by atoms with Gasteiger partial charge in [-0.1, -0.05) is 6.07 Å². The van der Waals surface area contributed by atoms with Gasteiger partial charge in [-0.2, -0.15) is 23.4 Å². The van der Waals surface area contributed by atoms with Crippen LogP contribution >= 0.6 is 0 Å². The molecule has 180 valence electrons. The van der Waals surface area contributed by atoms with Gasteiger partial charge >= 0.3 is 6.18 Å². The van der Waals surface area contributed by atoms with Crippen LogP contribution in [0, 0.1) is 6.92 Å². The Balaban J connectivity index is 1.42. The summed E-state index contributed by atoms with van der Waals surface area (Å²) in [7, 11) is 3.36. The number of aryl methyl sites for hydroxylation is 2. The van der Waals surface area contributed by atoms with Crippen LogP contribution in [0.3, 0.4) is 0 Å². The number of ether oxygens (including phenoxy) is 2. The number of benzene rings is 1. The van der Waals surface area contributed by atoms with Crippen molar-refractivity contribution in [1.29, 1.82) is 0 Å². The summed E-state index contributed by atoms with van der Waals surface area (Å²) in [6, 6.07) is 3.90. The van der Waals surface area contributed by atoms with Gasteiger partial charge in [0.25, 0.3) is 5.91 Å². The summed E-state index contributed by atoms with van der Waals surface area (Å²) in [5.74, 6) is 0.694. The van der Waals surface area contributed by atoms with Crippen molar-refractivity contribution in [3.8, 4) is 11.5 Å². The first-order valence-corrected chi connectivity index (χ1v) is 10.7. The molecule has 1 aromatic carbocycles. The number of halogens is 3. The molecule has 0 bridgehead atoms. The largest absolute Gasteiger partial charge is 0.454 e. The van der Waals surface area contributed by atoms with E-state index >= 15 is 0 Å². The van der Waals surface area contributed by atoms with Crippen LogP contribution in [0.2, 0.25) is 0 Å². The van der Waals surface area contributed by atoms with Crippen molar-refractivity contribution in [3.05, 3.63) is 53.0 Å². The molecule has 2 aromatic heterocycles. The highest BCUT2D eigenvalue weighted by Gasteiger charge is 2.47. The van der Waals surface area contributed by atoms with Crippen LogP contribution in [-0.4, -0.2) is 50.4 Å². The zero-order valence-corrected chi connectivity index (χ0v) is 18.8. The van der Waals surface area contributed by atoms with Gasteiger partial charge < -0.3 is 19.7 Å². The third-order valence-electron chi connectivity index (χ3n) is 6.08. The molecule has 2 aliphatic rings. The number of aromatic nitrogens is 4. The van der Waals surface area contributed by atoms with Gasteiger partial charge in [0.15, 0.2) is 23.2 Å². The number of carbonyl (C=O) groups is 1. The quantitative estimate of drug-likeness (QED) is 0.620. The second kappa shape index (κ2) is 7.96. The van der Waals surface area contributed by atoms with Gasteiger partial charge in [-0.25, -0.2) is 4.68 Å². The molecular formula is C22H23F3N6O3. The molecule has 4 heterocycles. The zero-order valence-electron chi connectivity index (χ0n) is 18.8. The average Bonchev–Trinajstić information content (AvgIpc) is 3.49. The second-order valence-electron chi connectivity index (χ2n) is 8.54. The molecule has 0 fully saturated rings. The maximum Gasteiger partial charge on any atom is 0.410 e. The molecule has 0 saturated heterocycles. The van der Waals surface area contributed by atoms with E-state index in [1.54, 1.807) is 43.2 Å². The molecule has 1 amide bonds. The minimum atomic E-state index is -4.55. The lowest BCUT2D eigenvalue weighted by Crippen LogP contribution is -2.35. The van der Waals surface area contributed by atoms with Crippen molar-refractivity contribution < 1.29 is 27.4 Å². The molecule has 0 saturated carbocycles. The Labute approximate surface area is 193 Å². The highest BCUT2D eigenvalue weighted by Crippen LogP contribution is 2.45. The minimum Gasteiger partial charge on any atom is -0.454 e. The first kappa shape index (κ1) is 22.1. The van der Waals surface area contributed by atoms with E-state index in [1.165, 1.54) is 11.0 Å². The molecule has 0 radical (unpaired) electrons. The summed E-state index contributed by atoms with van der Waals surface area (Å²) in [6.07, 6.45) is -3.03. The van der Waals surface area contributed by atoms with Crippen molar-refractivity contribution in [3.63, 3.8) is 0 Å². The molecule has 12 heteroatoms. The van der Waals surface area contributed by atoms with Gasteiger partial charge in [0.1, 0.15) is 5.82 Å². The van der Waals surface area contributed by atoms with E-state index in [1.807, 2.05) is 6.92 Å². The van der Waals surface area contributed by atoms with E-state index < -0.39 is 24.2 Å². The topological polar surface area (TPSA) is 86.4 Å². The van der Waals surface area contributed by atoms with Gasteiger partial charge in [0.05, 0.1) is 11.7 Å². The van der Waals surface area contributed by atoms with Crippen molar-refractivity contribution in [2.24, 2.45) is 7.05 Å². The molecule has 1 N–H and O–H groups in total. The Bertz CT molecular complexity index is 1250. The first-order valence-electron chi connectivity index (χ1n) is 10.7. The Kier molecular flexibility index (Phi) is 5.18. The Morgan fingerprint density at radius 2 is 2.00 bits per heavy atom. The predicted octanol–water partition coefficient (Wildman–Crippen LogP) is 3.59. The van der Waals surface area contributed by atoms with Gasteiger partial charge in [0, 0.05) is 44.9 Å². The minimum absolute atomic E-state index is 0.0628. The van der Waals surface area contributed by atoms with Crippen LogP contribution < -0.4 is 14.8 Å². The molecule has 2 atom stereocenters. The Morgan fingerprint density at radius 1 is 1.24 bits per heavy atom. The number of amides is 1. The van der Waals surface area contributed by atoms with Crippen LogP contribution in [0.1, 0.15) is 45.8 Å². The van der Waals surface area contributed by atoms with Gasteiger partial charge in [-0.3, -0.25) is 9.48 Å². The maximum atomic E-state index is 14.0. The van der Waals surface area contributed by atoms with Gasteiger partial charge in [0.2, 0.25) is 6.79 Å². The zero-order chi connectivity index (χ0) is 24.2. The van der Waals surface area contributed by atoms with E-state index in [2.05, 4.69) is 15.5 Å². The molecule has 9 nitrogen and oxygen atoms in total. The third-order valence-corrected chi connectivity index (χ3v) is 6.08. The summed E-state index contributed by atoms with van der Waals surface area (Å²) in [4.78, 5) is 14.4. The highest BCUT2D eigenvalue weighted by molar-refractivity contribution is 5.93. The number of alkyl halides is 3.